The zero-order valence-corrected chi connectivity index (χ0v) is 27.0. The molecular weight excluding hydrogens is 468 g/mol. The summed E-state index contributed by atoms with van der Waals surface area (Å²) in [7, 11) is 3.38. The van der Waals surface area contributed by atoms with E-state index < -0.39 is 0 Å². The van der Waals surface area contributed by atoms with Crippen molar-refractivity contribution in [2.75, 3.05) is 20.7 Å². The Hall–Kier alpha value is -2.11. The van der Waals surface area contributed by atoms with Crippen LogP contribution in [0.2, 0.25) is 0 Å². The number of rotatable bonds is 6. The first-order valence-corrected chi connectivity index (χ1v) is 15.1. The number of hydrogen-bond acceptors (Lipinski definition) is 4. The van der Waals surface area contributed by atoms with Crippen molar-refractivity contribution in [1.29, 1.82) is 0 Å². The van der Waals surface area contributed by atoms with E-state index in [4.69, 9.17) is 5.11 Å². The zero-order chi connectivity index (χ0) is 29.9. The van der Waals surface area contributed by atoms with Gasteiger partial charge >= 0.3 is 0 Å². The first-order chi connectivity index (χ1) is 18.5. The van der Waals surface area contributed by atoms with Crippen molar-refractivity contribution < 1.29 is 5.11 Å². The van der Waals surface area contributed by atoms with E-state index in [9.17, 15) is 0 Å². The Bertz CT molecular complexity index is 747. The molecule has 1 atom stereocenters. The average Bonchev–Trinajstić information content (AvgIpc) is 3.52. The maximum atomic E-state index is 7.88. The van der Waals surface area contributed by atoms with Gasteiger partial charge in [-0.15, -0.1) is 0 Å². The van der Waals surface area contributed by atoms with Crippen LogP contribution < -0.4 is 16.4 Å². The number of fused-ring (bicyclic) bond motifs is 1. The minimum absolute atomic E-state index is 0.319. The molecule has 2 aliphatic rings. The molecule has 0 saturated heterocycles. The summed E-state index contributed by atoms with van der Waals surface area (Å²) in [6, 6.07) is 9.39. The Morgan fingerprint density at radius 2 is 1.50 bits per heavy atom. The van der Waals surface area contributed by atoms with E-state index in [0.29, 0.717) is 18.6 Å². The molecule has 5 heteroatoms. The smallest absolute Gasteiger partial charge is 0.125 e. The van der Waals surface area contributed by atoms with Crippen LogP contribution in [0.1, 0.15) is 124 Å². The molecule has 1 aromatic carbocycles. The second kappa shape index (κ2) is 27.9. The van der Waals surface area contributed by atoms with E-state index in [0.717, 1.165) is 23.7 Å². The molecule has 2 aliphatic carbocycles. The standard InChI is InChI=1S/C23H33N3.C3H8O.3C2H6.CH5N/c1-16(23(24-4)26-20-12-6-7-13-20)17(2)25-18(3)21-15-9-11-19-10-5-8-14-22(19)21;1-2-3-4;4*1-2/h5,8,10,14,20-21,25H,3,6-7,9,11-13,15H2,1-2,4H3,(H,24,26);4H,2-3H2,1H3;3*1-2H3;2H2,1H3/b17-16+;;;;;. The summed E-state index contributed by atoms with van der Waals surface area (Å²) in [5, 5.41) is 15.1. The molecule has 1 unspecified atom stereocenters. The summed E-state index contributed by atoms with van der Waals surface area (Å²) in [4.78, 5) is 4.51. The van der Waals surface area contributed by atoms with Gasteiger partial charge in [-0.25, -0.2) is 0 Å². The van der Waals surface area contributed by atoms with Gasteiger partial charge in [0.15, 0.2) is 0 Å². The highest BCUT2D eigenvalue weighted by atomic mass is 16.2. The molecule has 0 heterocycles. The van der Waals surface area contributed by atoms with Crippen LogP contribution in [0.25, 0.3) is 0 Å². The molecule has 222 valence electrons. The second-order valence-corrected chi connectivity index (χ2v) is 8.47. The lowest BCUT2D eigenvalue weighted by molar-refractivity contribution is 0.295. The van der Waals surface area contributed by atoms with E-state index in [2.05, 4.69) is 66.1 Å². The van der Waals surface area contributed by atoms with Crippen LogP contribution in [0.4, 0.5) is 0 Å². The molecule has 1 saturated carbocycles. The predicted molar refractivity (Wildman–Crippen MR) is 173 cm³/mol. The highest BCUT2D eigenvalue weighted by Crippen LogP contribution is 2.35. The highest BCUT2D eigenvalue weighted by Gasteiger charge is 2.23. The van der Waals surface area contributed by atoms with Crippen molar-refractivity contribution >= 4 is 5.84 Å². The Morgan fingerprint density at radius 1 is 0.974 bits per heavy atom. The molecule has 1 aromatic rings. The number of hydrogen-bond donors (Lipinski definition) is 4. The molecule has 0 bridgehead atoms. The first kappa shape index (κ1) is 40.4. The van der Waals surface area contributed by atoms with E-state index >= 15 is 0 Å². The van der Waals surface area contributed by atoms with Crippen molar-refractivity contribution in [2.45, 2.75) is 126 Å². The molecule has 0 spiro atoms. The molecule has 0 aliphatic heterocycles. The largest absolute Gasteiger partial charge is 0.396 e. The summed E-state index contributed by atoms with van der Waals surface area (Å²) in [5.41, 5.74) is 10.8. The maximum Gasteiger partial charge on any atom is 0.125 e. The Balaban J connectivity index is -0.000000886. The number of aliphatic hydroxyl groups excluding tert-OH is 1. The van der Waals surface area contributed by atoms with Crippen molar-refractivity contribution in [1.82, 2.24) is 10.6 Å². The van der Waals surface area contributed by atoms with Crippen LogP contribution in [-0.2, 0) is 6.42 Å². The quantitative estimate of drug-likeness (QED) is 0.220. The minimum atomic E-state index is 0.319. The van der Waals surface area contributed by atoms with E-state index in [1.165, 1.54) is 68.7 Å². The predicted octanol–water partition coefficient (Wildman–Crippen LogP) is 8.11. The fraction of sp³-hybridized carbons (Fsp3) is 0.667. The van der Waals surface area contributed by atoms with Crippen LogP contribution in [0.3, 0.4) is 0 Å². The summed E-state index contributed by atoms with van der Waals surface area (Å²) >= 11 is 0. The number of allylic oxidation sites excluding steroid dienone is 2. The first-order valence-electron chi connectivity index (χ1n) is 15.1. The fourth-order valence-corrected chi connectivity index (χ4v) is 4.32. The highest BCUT2D eigenvalue weighted by molar-refractivity contribution is 5.98. The van der Waals surface area contributed by atoms with Gasteiger partial charge in [0.05, 0.1) is 0 Å². The lowest BCUT2D eigenvalue weighted by atomic mass is 9.81. The lowest BCUT2D eigenvalue weighted by Gasteiger charge is -2.28. The van der Waals surface area contributed by atoms with E-state index in [1.807, 2.05) is 55.5 Å². The third kappa shape index (κ3) is 15.3. The van der Waals surface area contributed by atoms with Crippen molar-refractivity contribution in [3.63, 3.8) is 0 Å². The van der Waals surface area contributed by atoms with Gasteiger partial charge in [0.2, 0.25) is 0 Å². The van der Waals surface area contributed by atoms with Crippen LogP contribution in [0.15, 0.2) is 52.8 Å². The molecule has 38 heavy (non-hydrogen) atoms. The number of nitrogens with zero attached hydrogens (tertiary/aromatic N) is 1. The summed E-state index contributed by atoms with van der Waals surface area (Å²) in [6.45, 7) is 22.9. The topological polar surface area (TPSA) is 82.7 Å². The van der Waals surface area contributed by atoms with Gasteiger partial charge in [-0.2, -0.15) is 0 Å². The summed E-state index contributed by atoms with van der Waals surface area (Å²) < 4.78 is 0. The van der Waals surface area contributed by atoms with E-state index in [1.54, 1.807) is 0 Å². The molecule has 1 fully saturated rings. The number of aliphatic imine (C=N–C) groups is 1. The lowest BCUT2D eigenvalue weighted by Crippen LogP contribution is -2.34. The number of benzene rings is 1. The third-order valence-electron chi connectivity index (χ3n) is 6.20. The van der Waals surface area contributed by atoms with Crippen molar-refractivity contribution in [3.05, 3.63) is 58.9 Å². The monoisotopic (exact) mass is 533 g/mol. The second-order valence-electron chi connectivity index (χ2n) is 8.47. The Kier molecular flexibility index (Phi) is 29.7. The van der Waals surface area contributed by atoms with E-state index in [-0.39, 0.29) is 0 Å². The summed E-state index contributed by atoms with van der Waals surface area (Å²) in [5.74, 6) is 1.41. The van der Waals surface area contributed by atoms with Gasteiger partial charge in [-0.1, -0.05) is 92.2 Å². The number of aryl methyl sites for hydroxylation is 1. The fourth-order valence-electron chi connectivity index (χ4n) is 4.32. The van der Waals surface area contributed by atoms with Crippen LogP contribution >= 0.6 is 0 Å². The molecule has 0 amide bonds. The van der Waals surface area contributed by atoms with Crippen LogP contribution in [-0.4, -0.2) is 37.7 Å². The zero-order valence-electron chi connectivity index (χ0n) is 27.0. The van der Waals surface area contributed by atoms with Crippen molar-refractivity contribution in [2.24, 2.45) is 10.7 Å². The molecule has 3 rings (SSSR count). The van der Waals surface area contributed by atoms with Crippen LogP contribution in [0, 0.1) is 0 Å². The normalized spacial score (nSPS) is 16.3. The Morgan fingerprint density at radius 3 is 2.00 bits per heavy atom. The van der Waals surface area contributed by atoms with Gasteiger partial charge < -0.3 is 21.5 Å². The summed E-state index contributed by atoms with van der Waals surface area (Å²) in [6.07, 6.45) is 9.62. The molecule has 5 nitrogen and oxygen atoms in total. The van der Waals surface area contributed by atoms with Gasteiger partial charge in [-0.3, -0.25) is 4.99 Å². The Labute approximate surface area is 237 Å². The minimum Gasteiger partial charge on any atom is -0.396 e. The molecule has 5 N–H and O–H groups in total. The van der Waals surface area contributed by atoms with Gasteiger partial charge in [0.25, 0.3) is 0 Å². The molecule has 0 aromatic heterocycles. The molecule has 0 radical (unpaired) electrons. The number of nitrogens with one attached hydrogen (secondary N) is 2. The van der Waals surface area contributed by atoms with Gasteiger partial charge in [0.1, 0.15) is 5.84 Å². The number of aliphatic hydroxyl groups is 1. The van der Waals surface area contributed by atoms with Gasteiger partial charge in [0, 0.05) is 42.6 Å². The maximum absolute atomic E-state index is 7.88. The number of amidine groups is 1. The molecular formula is C33H64N4O. The van der Waals surface area contributed by atoms with Crippen molar-refractivity contribution in [3.8, 4) is 0 Å². The number of nitrogens with two attached hydrogens (primary N) is 1. The SMILES string of the molecule is C=C(N/C(C)=C(\C)C(=NC)NC1CCCC1)C1CCCc2ccccc21.CC.CC.CC.CCCO.CN. The third-order valence-corrected chi connectivity index (χ3v) is 6.20. The van der Waals surface area contributed by atoms with Gasteiger partial charge in [-0.05, 0) is 70.5 Å². The average molecular weight is 533 g/mol. The van der Waals surface area contributed by atoms with Crippen LogP contribution in [0.5, 0.6) is 0 Å².